The molecule has 98 valence electrons. The van der Waals surface area contributed by atoms with Crippen molar-refractivity contribution < 1.29 is 23.8 Å². The molecular formula is C14H12O5. The molecule has 0 atom stereocenters. The molecule has 0 amide bonds. The van der Waals surface area contributed by atoms with Crippen molar-refractivity contribution in [3.05, 3.63) is 53.0 Å². The van der Waals surface area contributed by atoms with Gasteiger partial charge in [0.1, 0.15) is 22.8 Å². The van der Waals surface area contributed by atoms with E-state index in [0.29, 0.717) is 17.1 Å². The largest absolute Gasteiger partial charge is 0.478 e. The summed E-state index contributed by atoms with van der Waals surface area (Å²) in [4.78, 5) is 22.6. The molecule has 0 radical (unpaired) electrons. The Labute approximate surface area is 109 Å². The van der Waals surface area contributed by atoms with Gasteiger partial charge in [-0.05, 0) is 44.2 Å². The Bertz CT molecular complexity index is 622. The van der Waals surface area contributed by atoms with Gasteiger partial charge in [0.25, 0.3) is 0 Å². The molecule has 0 saturated carbocycles. The first-order valence-corrected chi connectivity index (χ1v) is 5.60. The minimum Gasteiger partial charge on any atom is -0.478 e. The van der Waals surface area contributed by atoms with Crippen LogP contribution in [0.2, 0.25) is 0 Å². The van der Waals surface area contributed by atoms with Crippen molar-refractivity contribution in [3.63, 3.8) is 0 Å². The van der Waals surface area contributed by atoms with Crippen LogP contribution in [0.15, 0.2) is 34.7 Å². The number of rotatable bonds is 3. The molecule has 0 bridgehead atoms. The van der Waals surface area contributed by atoms with E-state index in [1.807, 2.05) is 0 Å². The molecule has 1 aromatic carbocycles. The maximum absolute atomic E-state index is 11.9. The number of aromatic carboxylic acids is 1. The Morgan fingerprint density at radius 2 is 1.79 bits per heavy atom. The molecule has 1 heterocycles. The lowest BCUT2D eigenvalue weighted by Crippen LogP contribution is -2.08. The van der Waals surface area contributed by atoms with Gasteiger partial charge in [-0.25, -0.2) is 9.59 Å². The highest BCUT2D eigenvalue weighted by Gasteiger charge is 2.15. The van der Waals surface area contributed by atoms with Gasteiger partial charge in [0.15, 0.2) is 0 Å². The van der Waals surface area contributed by atoms with Crippen LogP contribution in [0.25, 0.3) is 0 Å². The Kier molecular flexibility index (Phi) is 3.37. The van der Waals surface area contributed by atoms with E-state index < -0.39 is 11.9 Å². The summed E-state index contributed by atoms with van der Waals surface area (Å²) in [5.74, 6) is -0.153. The molecule has 0 unspecified atom stereocenters. The van der Waals surface area contributed by atoms with Gasteiger partial charge in [0.2, 0.25) is 0 Å². The van der Waals surface area contributed by atoms with Crippen molar-refractivity contribution in [1.29, 1.82) is 0 Å². The van der Waals surface area contributed by atoms with E-state index >= 15 is 0 Å². The lowest BCUT2D eigenvalue weighted by Gasteiger charge is -2.03. The van der Waals surface area contributed by atoms with E-state index in [9.17, 15) is 9.59 Å². The van der Waals surface area contributed by atoms with Gasteiger partial charge in [0.05, 0.1) is 5.56 Å². The Morgan fingerprint density at radius 1 is 1.16 bits per heavy atom. The maximum Gasteiger partial charge on any atom is 0.347 e. The first-order chi connectivity index (χ1) is 8.97. The van der Waals surface area contributed by atoms with E-state index in [1.54, 1.807) is 19.9 Å². The molecule has 0 fully saturated rings. The molecule has 5 nitrogen and oxygen atoms in total. The minimum absolute atomic E-state index is 0.134. The van der Waals surface area contributed by atoms with Crippen LogP contribution in [0.1, 0.15) is 32.2 Å². The van der Waals surface area contributed by atoms with E-state index in [2.05, 4.69) is 0 Å². The predicted molar refractivity (Wildman–Crippen MR) is 66.5 cm³/mol. The van der Waals surface area contributed by atoms with Crippen molar-refractivity contribution in [2.45, 2.75) is 13.8 Å². The van der Waals surface area contributed by atoms with Crippen molar-refractivity contribution in [3.8, 4) is 5.75 Å². The van der Waals surface area contributed by atoms with E-state index in [1.165, 1.54) is 24.3 Å². The second kappa shape index (κ2) is 4.97. The summed E-state index contributed by atoms with van der Waals surface area (Å²) >= 11 is 0. The topological polar surface area (TPSA) is 76.7 Å². The maximum atomic E-state index is 11.9. The van der Waals surface area contributed by atoms with E-state index in [-0.39, 0.29) is 11.3 Å². The Morgan fingerprint density at radius 3 is 2.26 bits per heavy atom. The average molecular weight is 260 g/mol. The molecule has 1 N–H and O–H groups in total. The highest BCUT2D eigenvalue weighted by molar-refractivity contribution is 5.92. The second-order valence-corrected chi connectivity index (χ2v) is 4.05. The molecule has 1 aromatic heterocycles. The fourth-order valence-corrected chi connectivity index (χ4v) is 1.66. The van der Waals surface area contributed by atoms with Gasteiger partial charge in [-0.3, -0.25) is 0 Å². The normalized spacial score (nSPS) is 10.2. The number of hydrogen-bond acceptors (Lipinski definition) is 4. The van der Waals surface area contributed by atoms with Crippen molar-refractivity contribution in [2.75, 3.05) is 0 Å². The molecule has 2 rings (SSSR count). The van der Waals surface area contributed by atoms with E-state index in [4.69, 9.17) is 14.3 Å². The summed E-state index contributed by atoms with van der Waals surface area (Å²) in [5.41, 5.74) is 0.495. The van der Waals surface area contributed by atoms with Crippen LogP contribution in [-0.2, 0) is 0 Å². The Balaban J connectivity index is 2.15. The summed E-state index contributed by atoms with van der Waals surface area (Å²) in [5, 5.41) is 8.75. The number of esters is 1. The Hall–Kier alpha value is -2.56. The lowest BCUT2D eigenvalue weighted by molar-refractivity contribution is 0.0696. The first-order valence-electron chi connectivity index (χ1n) is 5.60. The summed E-state index contributed by atoms with van der Waals surface area (Å²) in [7, 11) is 0. The van der Waals surface area contributed by atoms with Gasteiger partial charge >= 0.3 is 11.9 Å². The van der Waals surface area contributed by atoms with Crippen molar-refractivity contribution in [1.82, 2.24) is 0 Å². The van der Waals surface area contributed by atoms with Gasteiger partial charge in [-0.15, -0.1) is 0 Å². The number of carbonyl (C=O) groups excluding carboxylic acids is 1. The first kappa shape index (κ1) is 12.9. The molecule has 2 aromatic rings. The zero-order valence-electron chi connectivity index (χ0n) is 10.5. The lowest BCUT2D eigenvalue weighted by atomic mass is 10.2. The number of ether oxygens (including phenoxy) is 1. The fourth-order valence-electron chi connectivity index (χ4n) is 1.66. The molecule has 0 aliphatic rings. The minimum atomic E-state index is -1.03. The zero-order chi connectivity index (χ0) is 14.0. The third-order valence-electron chi connectivity index (χ3n) is 2.57. The number of furan rings is 1. The van der Waals surface area contributed by atoms with E-state index in [0.717, 1.165) is 0 Å². The zero-order valence-corrected chi connectivity index (χ0v) is 10.5. The second-order valence-electron chi connectivity index (χ2n) is 4.05. The molecule has 0 aliphatic carbocycles. The van der Waals surface area contributed by atoms with Gasteiger partial charge in [-0.2, -0.15) is 0 Å². The summed E-state index contributed by atoms with van der Waals surface area (Å²) in [6, 6.07) is 7.22. The number of carboxylic acid groups (broad SMARTS) is 1. The van der Waals surface area contributed by atoms with Crippen LogP contribution >= 0.6 is 0 Å². The molecule has 0 aliphatic heterocycles. The van der Waals surface area contributed by atoms with Crippen LogP contribution in [-0.4, -0.2) is 17.0 Å². The van der Waals surface area contributed by atoms with Gasteiger partial charge in [0, 0.05) is 0 Å². The summed E-state index contributed by atoms with van der Waals surface area (Å²) in [6.07, 6.45) is 0. The monoisotopic (exact) mass is 260 g/mol. The van der Waals surface area contributed by atoms with Gasteiger partial charge < -0.3 is 14.3 Å². The fraction of sp³-hybridized carbons (Fsp3) is 0.143. The third kappa shape index (κ3) is 2.82. The van der Waals surface area contributed by atoms with Crippen molar-refractivity contribution in [2.24, 2.45) is 0 Å². The number of benzene rings is 1. The van der Waals surface area contributed by atoms with Crippen LogP contribution in [0.4, 0.5) is 0 Å². The molecule has 0 spiro atoms. The number of hydrogen-bond donors (Lipinski definition) is 1. The van der Waals surface area contributed by atoms with Crippen LogP contribution in [0.5, 0.6) is 5.75 Å². The molecular weight excluding hydrogens is 248 g/mol. The smallest absolute Gasteiger partial charge is 0.347 e. The van der Waals surface area contributed by atoms with Gasteiger partial charge in [-0.1, -0.05) is 0 Å². The molecule has 5 heteroatoms. The number of carboxylic acids is 1. The van der Waals surface area contributed by atoms with Crippen molar-refractivity contribution >= 4 is 11.9 Å². The third-order valence-corrected chi connectivity index (χ3v) is 2.57. The standard InChI is InChI=1S/C14H12O5/c1-8-7-12(9(2)18-8)14(17)19-11-5-3-10(4-6-11)13(15)16/h3-7H,1-2H3,(H,15,16). The average Bonchev–Trinajstić information content (AvgIpc) is 2.69. The number of carbonyl (C=O) groups is 2. The van der Waals surface area contributed by atoms with Crippen LogP contribution in [0.3, 0.4) is 0 Å². The molecule has 0 saturated heterocycles. The number of aryl methyl sites for hydroxylation is 2. The highest BCUT2D eigenvalue weighted by Crippen LogP contribution is 2.18. The molecule has 19 heavy (non-hydrogen) atoms. The highest BCUT2D eigenvalue weighted by atomic mass is 16.5. The van der Waals surface area contributed by atoms with Crippen LogP contribution < -0.4 is 4.74 Å². The summed E-state index contributed by atoms with van der Waals surface area (Å²) in [6.45, 7) is 3.42. The summed E-state index contributed by atoms with van der Waals surface area (Å²) < 4.78 is 10.4. The predicted octanol–water partition coefficient (Wildman–Crippen LogP) is 2.81. The van der Waals surface area contributed by atoms with Crippen LogP contribution in [0, 0.1) is 13.8 Å². The quantitative estimate of drug-likeness (QED) is 0.678. The SMILES string of the molecule is Cc1cc(C(=O)Oc2ccc(C(=O)O)cc2)c(C)o1.